The molecule has 1 saturated heterocycles. The van der Waals surface area contributed by atoms with Crippen molar-refractivity contribution in [3.8, 4) is 0 Å². The number of carbonyl (C=O) groups excluding carboxylic acids is 5. The van der Waals surface area contributed by atoms with Crippen LogP contribution in [0.3, 0.4) is 0 Å². The molecule has 1 aliphatic rings. The van der Waals surface area contributed by atoms with E-state index in [4.69, 9.17) is 28.8 Å². The van der Waals surface area contributed by atoms with Crippen molar-refractivity contribution in [2.75, 3.05) is 40.1 Å². The minimum atomic E-state index is -1.73. The van der Waals surface area contributed by atoms with Gasteiger partial charge in [-0.15, -0.1) is 0 Å². The van der Waals surface area contributed by atoms with Crippen molar-refractivity contribution in [3.05, 3.63) is 48.0 Å². The van der Waals surface area contributed by atoms with Gasteiger partial charge in [0.25, 0.3) is 5.91 Å². The first-order valence-electron chi connectivity index (χ1n) is 12.5. The SMILES string of the molecule is CO[C@H](C(=O)N1C(=O)O[C@H](c2ccccc2)[C@@H]1C)[C@H](OC(C)=O)C(=O)C=CC(=O)CCCOCCOCCO. The fraction of sp³-hybridized carbons (Fsp3) is 0.519. The number of nitrogens with zero attached hydrogens (tertiary/aromatic N) is 1. The molecule has 0 aromatic heterocycles. The number of cyclic esters (lactones) is 1. The third-order valence-electron chi connectivity index (χ3n) is 5.73. The van der Waals surface area contributed by atoms with E-state index in [0.717, 1.165) is 31.1 Å². The number of allylic oxidation sites excluding steroid dienone is 1. The summed E-state index contributed by atoms with van der Waals surface area (Å²) in [6, 6.07) is 8.10. The molecule has 12 nitrogen and oxygen atoms in total. The third-order valence-corrected chi connectivity index (χ3v) is 5.73. The average molecular weight is 550 g/mol. The number of ketones is 2. The Bertz CT molecular complexity index is 1010. The highest BCUT2D eigenvalue weighted by Crippen LogP contribution is 2.33. The smallest absolute Gasteiger partial charge is 0.417 e. The highest BCUT2D eigenvalue weighted by molar-refractivity contribution is 6.05. The molecule has 1 aliphatic heterocycles. The quantitative estimate of drug-likeness (QED) is 0.171. The van der Waals surface area contributed by atoms with Crippen molar-refractivity contribution in [1.82, 2.24) is 4.90 Å². The molecule has 1 aromatic carbocycles. The molecular formula is C27H35NO11. The number of rotatable bonds is 17. The minimum absolute atomic E-state index is 0.0736. The van der Waals surface area contributed by atoms with Crippen LogP contribution >= 0.6 is 0 Å². The van der Waals surface area contributed by atoms with Crippen molar-refractivity contribution in [2.45, 2.75) is 51.0 Å². The Labute approximate surface area is 226 Å². The minimum Gasteiger partial charge on any atom is -0.451 e. The van der Waals surface area contributed by atoms with Crippen LogP contribution in [-0.2, 0) is 42.9 Å². The van der Waals surface area contributed by atoms with Gasteiger partial charge in [-0.05, 0) is 31.1 Å². The molecule has 39 heavy (non-hydrogen) atoms. The van der Waals surface area contributed by atoms with E-state index in [1.165, 1.54) is 0 Å². The second kappa shape index (κ2) is 16.5. The lowest BCUT2D eigenvalue weighted by atomic mass is 10.0. The van der Waals surface area contributed by atoms with Crippen molar-refractivity contribution >= 4 is 29.5 Å². The molecular weight excluding hydrogens is 514 g/mol. The lowest BCUT2D eigenvalue weighted by Gasteiger charge is -2.27. The predicted molar refractivity (Wildman–Crippen MR) is 135 cm³/mol. The Kier molecular flexibility index (Phi) is 13.4. The lowest BCUT2D eigenvalue weighted by molar-refractivity contribution is -0.166. The van der Waals surface area contributed by atoms with Gasteiger partial charge in [0.1, 0.15) is 6.10 Å². The van der Waals surface area contributed by atoms with E-state index in [1.807, 2.05) is 0 Å². The van der Waals surface area contributed by atoms with Crippen LogP contribution in [0.1, 0.15) is 38.4 Å². The zero-order chi connectivity index (χ0) is 28.8. The molecule has 0 aliphatic carbocycles. The second-order valence-corrected chi connectivity index (χ2v) is 8.60. The molecule has 0 unspecified atom stereocenters. The topological polar surface area (TPSA) is 155 Å². The zero-order valence-electron chi connectivity index (χ0n) is 22.3. The normalized spacial score (nSPS) is 18.6. The van der Waals surface area contributed by atoms with E-state index >= 15 is 0 Å². The van der Waals surface area contributed by atoms with Crippen LogP contribution in [0.2, 0.25) is 0 Å². The van der Waals surface area contributed by atoms with Crippen LogP contribution in [-0.4, -0.2) is 97.9 Å². The zero-order valence-corrected chi connectivity index (χ0v) is 22.3. The Morgan fingerprint density at radius 3 is 2.31 bits per heavy atom. The van der Waals surface area contributed by atoms with Gasteiger partial charge in [-0.1, -0.05) is 30.3 Å². The highest BCUT2D eigenvalue weighted by Gasteiger charge is 2.48. The molecule has 1 fully saturated rings. The maximum absolute atomic E-state index is 13.4. The second-order valence-electron chi connectivity index (χ2n) is 8.60. The van der Waals surface area contributed by atoms with E-state index in [9.17, 15) is 24.0 Å². The number of esters is 1. The van der Waals surface area contributed by atoms with Crippen molar-refractivity contribution in [1.29, 1.82) is 0 Å². The van der Waals surface area contributed by atoms with Crippen LogP contribution in [0.5, 0.6) is 0 Å². The van der Waals surface area contributed by atoms with Crippen molar-refractivity contribution in [2.24, 2.45) is 0 Å². The summed E-state index contributed by atoms with van der Waals surface area (Å²) in [7, 11) is 1.14. The first-order chi connectivity index (χ1) is 18.7. The maximum atomic E-state index is 13.4. The van der Waals surface area contributed by atoms with Crippen LogP contribution < -0.4 is 0 Å². The first kappa shape index (κ1) is 31.8. The number of aliphatic hydroxyl groups is 1. The first-order valence-corrected chi connectivity index (χ1v) is 12.5. The molecule has 0 saturated carbocycles. The summed E-state index contributed by atoms with van der Waals surface area (Å²) in [5.41, 5.74) is 0.678. The third kappa shape index (κ3) is 9.66. The Morgan fingerprint density at radius 2 is 1.69 bits per heavy atom. The molecule has 0 radical (unpaired) electrons. The van der Waals surface area contributed by atoms with Crippen LogP contribution in [0.4, 0.5) is 4.79 Å². The van der Waals surface area contributed by atoms with Gasteiger partial charge < -0.3 is 28.8 Å². The van der Waals surface area contributed by atoms with Gasteiger partial charge in [-0.3, -0.25) is 19.2 Å². The molecule has 2 rings (SSSR count). The molecule has 214 valence electrons. The molecule has 2 amide bonds. The number of hydrogen-bond donors (Lipinski definition) is 1. The van der Waals surface area contributed by atoms with E-state index in [0.29, 0.717) is 31.8 Å². The average Bonchev–Trinajstić information content (AvgIpc) is 3.22. The lowest BCUT2D eigenvalue weighted by Crippen LogP contribution is -2.52. The van der Waals surface area contributed by atoms with Gasteiger partial charge in [0.05, 0.1) is 32.5 Å². The summed E-state index contributed by atoms with van der Waals surface area (Å²) < 4.78 is 26.1. The number of carbonyl (C=O) groups is 5. The maximum Gasteiger partial charge on any atom is 0.417 e. The Morgan fingerprint density at radius 1 is 1.03 bits per heavy atom. The predicted octanol–water partition coefficient (Wildman–Crippen LogP) is 1.54. The standard InChI is InChI=1S/C27H35NO11/c1-18-23(20-8-5-4-6-9-20)39-27(34)28(18)26(33)25(35-3)24(38-19(2)30)22(32)12-11-21(31)10-7-14-36-16-17-37-15-13-29/h4-6,8-9,11-12,18,23-25,29H,7,10,13-17H2,1-3H3/t18-,23-,24+,25-/m0/s1. The molecule has 1 N–H and O–H groups in total. The number of ether oxygens (including phenoxy) is 5. The number of amides is 2. The Balaban J connectivity index is 2.02. The summed E-state index contributed by atoms with van der Waals surface area (Å²) in [6.07, 6.45) is -2.64. The fourth-order valence-corrected chi connectivity index (χ4v) is 3.87. The van der Waals surface area contributed by atoms with Gasteiger partial charge >= 0.3 is 12.1 Å². The number of benzene rings is 1. The van der Waals surface area contributed by atoms with E-state index in [1.54, 1.807) is 37.3 Å². The summed E-state index contributed by atoms with van der Waals surface area (Å²) in [4.78, 5) is 63.6. The molecule has 12 heteroatoms. The van der Waals surface area contributed by atoms with Gasteiger partial charge in [-0.25, -0.2) is 9.69 Å². The van der Waals surface area contributed by atoms with Crippen LogP contribution in [0.25, 0.3) is 0 Å². The molecule has 4 atom stereocenters. The number of aliphatic hydroxyl groups excluding tert-OH is 1. The monoisotopic (exact) mass is 549 g/mol. The molecule has 0 bridgehead atoms. The van der Waals surface area contributed by atoms with Gasteiger partial charge in [0.2, 0.25) is 0 Å². The number of imide groups is 1. The Hall–Kier alpha value is -3.45. The van der Waals surface area contributed by atoms with Gasteiger partial charge in [0.15, 0.2) is 23.8 Å². The number of hydrogen-bond acceptors (Lipinski definition) is 11. The summed E-state index contributed by atoms with van der Waals surface area (Å²) >= 11 is 0. The molecule has 0 spiro atoms. The summed E-state index contributed by atoms with van der Waals surface area (Å²) in [5.74, 6) is -3.03. The molecule has 1 aromatic rings. The highest BCUT2D eigenvalue weighted by atomic mass is 16.6. The largest absolute Gasteiger partial charge is 0.451 e. The molecule has 1 heterocycles. The van der Waals surface area contributed by atoms with E-state index in [-0.39, 0.29) is 25.4 Å². The van der Waals surface area contributed by atoms with E-state index in [2.05, 4.69) is 0 Å². The van der Waals surface area contributed by atoms with Gasteiger partial charge in [-0.2, -0.15) is 0 Å². The van der Waals surface area contributed by atoms with Crippen LogP contribution in [0.15, 0.2) is 42.5 Å². The van der Waals surface area contributed by atoms with Crippen molar-refractivity contribution < 1.29 is 52.8 Å². The van der Waals surface area contributed by atoms with Crippen LogP contribution in [0, 0.1) is 0 Å². The summed E-state index contributed by atoms with van der Waals surface area (Å²) in [6.45, 7) is 3.74. The van der Waals surface area contributed by atoms with E-state index < -0.39 is 48.1 Å². The fourth-order valence-electron chi connectivity index (χ4n) is 3.87. The summed E-state index contributed by atoms with van der Waals surface area (Å²) in [5, 5.41) is 8.62. The van der Waals surface area contributed by atoms with Crippen molar-refractivity contribution in [3.63, 3.8) is 0 Å². The number of methoxy groups -OCH3 is 1. The van der Waals surface area contributed by atoms with Gasteiger partial charge in [0, 0.05) is 27.1 Å².